The SMILES string of the molecule is CC1CCCCN1Cc1cnc(NC(=O)c2ccc(Cl)cc2[N+](=O)[O-])s1. The number of likely N-dealkylation sites (tertiary alicyclic amines) is 1. The number of nitro benzene ring substituents is 1. The first-order chi connectivity index (χ1) is 12.4. The monoisotopic (exact) mass is 394 g/mol. The molecule has 0 saturated carbocycles. The summed E-state index contributed by atoms with van der Waals surface area (Å²) in [6.45, 7) is 4.09. The summed E-state index contributed by atoms with van der Waals surface area (Å²) in [4.78, 5) is 30.6. The molecular formula is C17H19ClN4O3S. The maximum atomic E-state index is 12.4. The van der Waals surface area contributed by atoms with E-state index in [1.807, 2.05) is 0 Å². The van der Waals surface area contributed by atoms with Crippen molar-refractivity contribution < 1.29 is 9.72 Å². The molecule has 2 aromatic rings. The fourth-order valence-corrected chi connectivity index (χ4v) is 4.04. The van der Waals surface area contributed by atoms with E-state index < -0.39 is 10.8 Å². The van der Waals surface area contributed by atoms with Crippen LogP contribution in [-0.4, -0.2) is 33.3 Å². The van der Waals surface area contributed by atoms with Gasteiger partial charge in [-0.05, 0) is 38.4 Å². The van der Waals surface area contributed by atoms with Gasteiger partial charge in [-0.25, -0.2) is 4.98 Å². The molecule has 0 spiro atoms. The zero-order valence-corrected chi connectivity index (χ0v) is 15.8. The molecule has 1 unspecified atom stereocenters. The minimum Gasteiger partial charge on any atom is -0.298 e. The molecule has 1 aromatic carbocycles. The van der Waals surface area contributed by atoms with E-state index in [2.05, 4.69) is 22.1 Å². The first kappa shape index (κ1) is 18.8. The van der Waals surface area contributed by atoms with Gasteiger partial charge in [0.15, 0.2) is 5.13 Å². The van der Waals surface area contributed by atoms with Gasteiger partial charge in [0.1, 0.15) is 5.56 Å². The maximum absolute atomic E-state index is 12.4. The van der Waals surface area contributed by atoms with E-state index in [1.54, 1.807) is 6.20 Å². The highest BCUT2D eigenvalue weighted by molar-refractivity contribution is 7.15. The first-order valence-electron chi connectivity index (χ1n) is 8.38. The van der Waals surface area contributed by atoms with Gasteiger partial charge in [0, 0.05) is 34.7 Å². The van der Waals surface area contributed by atoms with Gasteiger partial charge < -0.3 is 0 Å². The second kappa shape index (κ2) is 8.11. The van der Waals surface area contributed by atoms with Gasteiger partial charge in [0.2, 0.25) is 0 Å². The second-order valence-corrected chi connectivity index (χ2v) is 7.87. The number of hydrogen-bond donors (Lipinski definition) is 1. The summed E-state index contributed by atoms with van der Waals surface area (Å²) in [6.07, 6.45) is 5.41. The maximum Gasteiger partial charge on any atom is 0.283 e. The minimum atomic E-state index is -0.619. The number of thiazole rings is 1. The fourth-order valence-electron chi connectivity index (χ4n) is 3.04. The molecule has 1 amide bonds. The Hall–Kier alpha value is -2.03. The summed E-state index contributed by atoms with van der Waals surface area (Å²) < 4.78 is 0. The molecule has 3 rings (SSSR count). The molecule has 1 aromatic heterocycles. The van der Waals surface area contributed by atoms with Crippen LogP contribution >= 0.6 is 22.9 Å². The van der Waals surface area contributed by atoms with Crippen molar-refractivity contribution in [2.75, 3.05) is 11.9 Å². The quantitative estimate of drug-likeness (QED) is 0.602. The Balaban J connectivity index is 1.69. The van der Waals surface area contributed by atoms with Crippen LogP contribution < -0.4 is 5.32 Å². The van der Waals surface area contributed by atoms with Gasteiger partial charge in [-0.2, -0.15) is 0 Å². The highest BCUT2D eigenvalue weighted by Crippen LogP contribution is 2.27. The Labute approximate surface area is 160 Å². The molecule has 1 N–H and O–H groups in total. The molecule has 1 aliphatic heterocycles. The summed E-state index contributed by atoms with van der Waals surface area (Å²) in [7, 11) is 0. The standard InChI is InChI=1S/C17H19ClN4O3S/c1-11-4-2-3-7-21(11)10-13-9-19-17(26-13)20-16(23)14-6-5-12(18)8-15(14)22(24)25/h5-6,8-9,11H,2-4,7,10H2,1H3,(H,19,20,23). The van der Waals surface area contributed by atoms with Crippen LogP contribution in [0.4, 0.5) is 10.8 Å². The lowest BCUT2D eigenvalue weighted by Crippen LogP contribution is -2.36. The predicted octanol–water partition coefficient (Wildman–Crippen LogP) is 4.33. The smallest absolute Gasteiger partial charge is 0.283 e. The van der Waals surface area contributed by atoms with Crippen molar-refractivity contribution in [3.63, 3.8) is 0 Å². The molecule has 0 radical (unpaired) electrons. The number of hydrogen-bond acceptors (Lipinski definition) is 6. The highest BCUT2D eigenvalue weighted by Gasteiger charge is 2.22. The number of carbonyl (C=O) groups excluding carboxylic acids is 1. The molecule has 1 fully saturated rings. The molecular weight excluding hydrogens is 376 g/mol. The number of nitro groups is 1. The summed E-state index contributed by atoms with van der Waals surface area (Å²) in [5.74, 6) is -0.569. The summed E-state index contributed by atoms with van der Waals surface area (Å²) >= 11 is 7.17. The highest BCUT2D eigenvalue weighted by atomic mass is 35.5. The van der Waals surface area contributed by atoms with E-state index in [-0.39, 0.29) is 16.3 Å². The molecule has 0 aliphatic carbocycles. The van der Waals surface area contributed by atoms with E-state index in [0.717, 1.165) is 18.0 Å². The van der Waals surface area contributed by atoms with Crippen molar-refractivity contribution in [3.05, 3.63) is 50.0 Å². The molecule has 1 atom stereocenters. The third kappa shape index (κ3) is 4.38. The molecule has 138 valence electrons. The van der Waals surface area contributed by atoms with Crippen LogP contribution in [0.5, 0.6) is 0 Å². The molecule has 1 saturated heterocycles. The van der Waals surface area contributed by atoms with E-state index in [0.29, 0.717) is 11.2 Å². The summed E-state index contributed by atoms with van der Waals surface area (Å²) in [6, 6.07) is 4.51. The number of nitrogens with one attached hydrogen (secondary N) is 1. The normalized spacial score (nSPS) is 17.8. The number of rotatable bonds is 5. The van der Waals surface area contributed by atoms with E-state index >= 15 is 0 Å². The van der Waals surface area contributed by atoms with Gasteiger partial charge in [-0.1, -0.05) is 18.0 Å². The number of benzene rings is 1. The van der Waals surface area contributed by atoms with E-state index in [9.17, 15) is 14.9 Å². The van der Waals surface area contributed by atoms with Crippen molar-refractivity contribution in [1.29, 1.82) is 0 Å². The van der Waals surface area contributed by atoms with Crippen LogP contribution in [0.15, 0.2) is 24.4 Å². The third-order valence-electron chi connectivity index (χ3n) is 4.47. The van der Waals surface area contributed by atoms with Crippen molar-refractivity contribution in [3.8, 4) is 0 Å². The first-order valence-corrected chi connectivity index (χ1v) is 9.57. The van der Waals surface area contributed by atoms with E-state index in [1.165, 1.54) is 48.8 Å². The Morgan fingerprint density at radius 3 is 3.04 bits per heavy atom. The number of halogens is 1. The number of carbonyl (C=O) groups is 1. The van der Waals surface area contributed by atoms with Crippen molar-refractivity contribution in [1.82, 2.24) is 9.88 Å². The average Bonchev–Trinajstić information content (AvgIpc) is 3.03. The van der Waals surface area contributed by atoms with Gasteiger partial charge in [0.05, 0.1) is 4.92 Å². The van der Waals surface area contributed by atoms with E-state index in [4.69, 9.17) is 11.6 Å². The Morgan fingerprint density at radius 2 is 2.31 bits per heavy atom. The molecule has 26 heavy (non-hydrogen) atoms. The Bertz CT molecular complexity index is 826. The fraction of sp³-hybridized carbons (Fsp3) is 0.412. The van der Waals surface area contributed by atoms with Gasteiger partial charge in [0.25, 0.3) is 11.6 Å². The van der Waals surface area contributed by atoms with Gasteiger partial charge in [-0.3, -0.25) is 25.1 Å². The predicted molar refractivity (Wildman–Crippen MR) is 102 cm³/mol. The molecule has 0 bridgehead atoms. The average molecular weight is 395 g/mol. The summed E-state index contributed by atoms with van der Waals surface area (Å²) in [5, 5.41) is 14.4. The lowest BCUT2D eigenvalue weighted by Gasteiger charge is -2.32. The molecule has 7 nitrogen and oxygen atoms in total. The van der Waals surface area contributed by atoms with Crippen LogP contribution in [0.3, 0.4) is 0 Å². The lowest BCUT2D eigenvalue weighted by atomic mass is 10.0. The molecule has 1 aliphatic rings. The van der Waals surface area contributed by atoms with Crippen LogP contribution in [0.1, 0.15) is 41.4 Å². The van der Waals surface area contributed by atoms with Crippen molar-refractivity contribution in [2.24, 2.45) is 0 Å². The minimum absolute atomic E-state index is 0.0409. The zero-order chi connectivity index (χ0) is 18.7. The Morgan fingerprint density at radius 1 is 1.50 bits per heavy atom. The van der Waals surface area contributed by atoms with Crippen LogP contribution in [-0.2, 0) is 6.54 Å². The van der Waals surface area contributed by atoms with Crippen LogP contribution in [0, 0.1) is 10.1 Å². The lowest BCUT2D eigenvalue weighted by molar-refractivity contribution is -0.385. The number of nitrogens with zero attached hydrogens (tertiary/aromatic N) is 3. The molecule has 2 heterocycles. The number of aromatic nitrogens is 1. The van der Waals surface area contributed by atoms with Crippen LogP contribution in [0.25, 0.3) is 0 Å². The molecule has 9 heteroatoms. The second-order valence-electron chi connectivity index (χ2n) is 6.32. The Kier molecular flexibility index (Phi) is 5.85. The van der Waals surface area contributed by atoms with Gasteiger partial charge >= 0.3 is 0 Å². The largest absolute Gasteiger partial charge is 0.298 e. The van der Waals surface area contributed by atoms with Crippen LogP contribution in [0.2, 0.25) is 5.02 Å². The van der Waals surface area contributed by atoms with Gasteiger partial charge in [-0.15, -0.1) is 11.3 Å². The topological polar surface area (TPSA) is 88.4 Å². The zero-order valence-electron chi connectivity index (χ0n) is 14.3. The number of anilines is 1. The third-order valence-corrected chi connectivity index (χ3v) is 5.61. The number of piperidine rings is 1. The van der Waals surface area contributed by atoms with Crippen molar-refractivity contribution >= 4 is 39.7 Å². The summed E-state index contributed by atoms with van der Waals surface area (Å²) in [5.41, 5.74) is -0.366. The number of amides is 1. The van der Waals surface area contributed by atoms with Crippen molar-refractivity contribution in [2.45, 2.75) is 38.8 Å².